The molecular weight excluding hydrogens is 334 g/mol. The van der Waals surface area contributed by atoms with Crippen LogP contribution >= 0.6 is 0 Å². The van der Waals surface area contributed by atoms with E-state index in [9.17, 15) is 9.90 Å². The summed E-state index contributed by atoms with van der Waals surface area (Å²) < 4.78 is 11.1. The SMILES string of the molecule is O=C(OCc1ccccc1)N1C2COCC1CC(O)(c1cncnc1)C2. The summed E-state index contributed by atoms with van der Waals surface area (Å²) in [5.41, 5.74) is 0.558. The fourth-order valence-corrected chi connectivity index (χ4v) is 3.84. The van der Waals surface area contributed by atoms with Crippen molar-refractivity contribution in [2.24, 2.45) is 0 Å². The Bertz CT molecular complexity index is 742. The Morgan fingerprint density at radius 1 is 1.19 bits per heavy atom. The topological polar surface area (TPSA) is 84.8 Å². The first kappa shape index (κ1) is 16.9. The Balaban J connectivity index is 1.48. The fraction of sp³-hybridized carbons (Fsp3) is 0.421. The highest BCUT2D eigenvalue weighted by Crippen LogP contribution is 2.40. The van der Waals surface area contributed by atoms with Crippen molar-refractivity contribution < 1.29 is 19.4 Å². The number of aliphatic hydroxyl groups is 1. The summed E-state index contributed by atoms with van der Waals surface area (Å²) in [6, 6.07) is 9.10. The van der Waals surface area contributed by atoms with E-state index < -0.39 is 5.60 Å². The highest BCUT2D eigenvalue weighted by Gasteiger charge is 2.49. The van der Waals surface area contributed by atoms with Gasteiger partial charge in [0.05, 0.1) is 30.9 Å². The molecule has 1 aromatic heterocycles. The number of carbonyl (C=O) groups is 1. The second kappa shape index (κ2) is 7.01. The number of piperidine rings is 1. The zero-order chi connectivity index (χ0) is 18.0. The van der Waals surface area contributed by atoms with Crippen LogP contribution in [0.3, 0.4) is 0 Å². The summed E-state index contributed by atoms with van der Waals surface area (Å²) in [6.45, 7) is 0.993. The van der Waals surface area contributed by atoms with Crippen LogP contribution in [0.2, 0.25) is 0 Å². The number of rotatable bonds is 3. The minimum absolute atomic E-state index is 0.229. The minimum Gasteiger partial charge on any atom is -0.445 e. The molecule has 0 spiro atoms. The van der Waals surface area contributed by atoms with Gasteiger partial charge >= 0.3 is 6.09 Å². The van der Waals surface area contributed by atoms with Gasteiger partial charge in [-0.15, -0.1) is 0 Å². The number of fused-ring (bicyclic) bond motifs is 2. The Hall–Kier alpha value is -2.51. The van der Waals surface area contributed by atoms with E-state index >= 15 is 0 Å². The fourth-order valence-electron chi connectivity index (χ4n) is 3.84. The molecule has 2 atom stereocenters. The lowest BCUT2D eigenvalue weighted by Crippen LogP contribution is -2.62. The largest absolute Gasteiger partial charge is 0.445 e. The van der Waals surface area contributed by atoms with Gasteiger partial charge in [-0.2, -0.15) is 0 Å². The van der Waals surface area contributed by atoms with Crippen molar-refractivity contribution in [1.29, 1.82) is 0 Å². The van der Waals surface area contributed by atoms with Crippen LogP contribution in [0.15, 0.2) is 49.1 Å². The van der Waals surface area contributed by atoms with E-state index in [0.717, 1.165) is 5.56 Å². The van der Waals surface area contributed by atoms with Gasteiger partial charge in [0.2, 0.25) is 0 Å². The molecule has 2 bridgehead atoms. The van der Waals surface area contributed by atoms with Gasteiger partial charge < -0.3 is 14.6 Å². The van der Waals surface area contributed by atoms with Gasteiger partial charge in [0.25, 0.3) is 0 Å². The van der Waals surface area contributed by atoms with Gasteiger partial charge in [-0.1, -0.05) is 30.3 Å². The summed E-state index contributed by atoms with van der Waals surface area (Å²) in [4.78, 5) is 22.4. The molecule has 7 heteroatoms. The molecule has 136 valence electrons. The van der Waals surface area contributed by atoms with Gasteiger partial charge in [0.1, 0.15) is 12.9 Å². The lowest BCUT2D eigenvalue weighted by Gasteiger charge is -2.50. The molecule has 1 amide bonds. The molecule has 2 fully saturated rings. The molecular formula is C19H21N3O4. The average molecular weight is 355 g/mol. The van der Waals surface area contributed by atoms with E-state index in [4.69, 9.17) is 9.47 Å². The van der Waals surface area contributed by atoms with E-state index in [1.165, 1.54) is 6.33 Å². The molecule has 2 unspecified atom stereocenters. The Kier molecular flexibility index (Phi) is 4.57. The number of hydrogen-bond donors (Lipinski definition) is 1. The first-order chi connectivity index (χ1) is 12.7. The van der Waals surface area contributed by atoms with Gasteiger partial charge in [0, 0.05) is 30.8 Å². The number of benzene rings is 1. The molecule has 2 aliphatic heterocycles. The molecule has 2 aromatic rings. The van der Waals surface area contributed by atoms with E-state index in [2.05, 4.69) is 9.97 Å². The zero-order valence-electron chi connectivity index (χ0n) is 14.3. The number of amides is 1. The quantitative estimate of drug-likeness (QED) is 0.905. The van der Waals surface area contributed by atoms with E-state index in [-0.39, 0.29) is 24.8 Å². The van der Waals surface area contributed by atoms with Crippen LogP contribution in [0.5, 0.6) is 0 Å². The maximum atomic E-state index is 12.7. The third-order valence-corrected chi connectivity index (χ3v) is 5.07. The van der Waals surface area contributed by atoms with Crippen LogP contribution < -0.4 is 0 Å². The molecule has 4 rings (SSSR count). The van der Waals surface area contributed by atoms with Crippen LogP contribution in [0, 0.1) is 0 Å². The van der Waals surface area contributed by atoms with Gasteiger partial charge in [0.15, 0.2) is 0 Å². The lowest BCUT2D eigenvalue weighted by atomic mass is 9.78. The summed E-state index contributed by atoms with van der Waals surface area (Å²) in [7, 11) is 0. The highest BCUT2D eigenvalue weighted by atomic mass is 16.6. The van der Waals surface area contributed by atoms with Crippen LogP contribution in [-0.2, 0) is 21.7 Å². The summed E-state index contributed by atoms with van der Waals surface area (Å²) >= 11 is 0. The molecule has 0 saturated carbocycles. The monoisotopic (exact) mass is 355 g/mol. The van der Waals surface area contributed by atoms with Crippen LogP contribution in [-0.4, -0.2) is 51.4 Å². The van der Waals surface area contributed by atoms with Crippen molar-refractivity contribution in [3.63, 3.8) is 0 Å². The van der Waals surface area contributed by atoms with Gasteiger partial charge in [-0.05, 0) is 5.56 Å². The van der Waals surface area contributed by atoms with Crippen molar-refractivity contribution >= 4 is 6.09 Å². The van der Waals surface area contributed by atoms with Crippen molar-refractivity contribution in [2.45, 2.75) is 37.1 Å². The van der Waals surface area contributed by atoms with Gasteiger partial charge in [-0.25, -0.2) is 14.8 Å². The number of morpholine rings is 1. The van der Waals surface area contributed by atoms with Gasteiger partial charge in [-0.3, -0.25) is 4.90 Å². The third-order valence-electron chi connectivity index (χ3n) is 5.07. The zero-order valence-corrected chi connectivity index (χ0v) is 14.3. The first-order valence-electron chi connectivity index (χ1n) is 8.70. The van der Waals surface area contributed by atoms with Crippen LogP contribution in [0.25, 0.3) is 0 Å². The Labute approximate surface area is 151 Å². The standard InChI is InChI=1S/C19H21N3O4/c23-18(26-10-14-4-2-1-3-5-14)22-16-6-19(24,7-17(22)12-25-11-16)15-8-20-13-21-9-15/h1-5,8-9,13,16-17,24H,6-7,10-12H2. The minimum atomic E-state index is -1.06. The normalized spacial score (nSPS) is 27.8. The second-order valence-corrected chi connectivity index (χ2v) is 6.86. The molecule has 26 heavy (non-hydrogen) atoms. The molecule has 2 saturated heterocycles. The molecule has 3 heterocycles. The molecule has 2 aliphatic rings. The van der Waals surface area contributed by atoms with E-state index in [0.29, 0.717) is 31.6 Å². The van der Waals surface area contributed by atoms with Crippen molar-refractivity contribution in [2.75, 3.05) is 13.2 Å². The van der Waals surface area contributed by atoms with E-state index in [1.807, 2.05) is 30.3 Å². The van der Waals surface area contributed by atoms with Crippen LogP contribution in [0.1, 0.15) is 24.0 Å². The maximum absolute atomic E-state index is 12.7. The van der Waals surface area contributed by atoms with Crippen molar-refractivity contribution in [3.8, 4) is 0 Å². The Morgan fingerprint density at radius 2 is 1.85 bits per heavy atom. The highest BCUT2D eigenvalue weighted by molar-refractivity contribution is 5.69. The number of nitrogens with zero attached hydrogens (tertiary/aromatic N) is 3. The van der Waals surface area contributed by atoms with Crippen molar-refractivity contribution in [3.05, 3.63) is 60.2 Å². The summed E-state index contributed by atoms with van der Waals surface area (Å²) in [5, 5.41) is 11.1. The average Bonchev–Trinajstić information content (AvgIpc) is 2.67. The molecule has 7 nitrogen and oxygen atoms in total. The molecule has 0 radical (unpaired) electrons. The molecule has 1 aromatic carbocycles. The number of aromatic nitrogens is 2. The van der Waals surface area contributed by atoms with Crippen LogP contribution in [0.4, 0.5) is 4.79 Å². The number of carbonyl (C=O) groups excluding carboxylic acids is 1. The molecule has 1 N–H and O–H groups in total. The van der Waals surface area contributed by atoms with E-state index in [1.54, 1.807) is 17.3 Å². The second-order valence-electron chi connectivity index (χ2n) is 6.86. The number of ether oxygens (including phenoxy) is 2. The molecule has 0 aliphatic carbocycles. The predicted octanol–water partition coefficient (Wildman–Crippen LogP) is 1.86. The lowest BCUT2D eigenvalue weighted by molar-refractivity contribution is -0.137. The summed E-state index contributed by atoms with van der Waals surface area (Å²) in [5.74, 6) is 0. The Morgan fingerprint density at radius 3 is 2.50 bits per heavy atom. The van der Waals surface area contributed by atoms with Crippen molar-refractivity contribution in [1.82, 2.24) is 14.9 Å². The third kappa shape index (κ3) is 3.27. The first-order valence-corrected chi connectivity index (χ1v) is 8.70. The maximum Gasteiger partial charge on any atom is 0.410 e. The predicted molar refractivity (Wildman–Crippen MR) is 92.0 cm³/mol. The smallest absolute Gasteiger partial charge is 0.410 e. The summed E-state index contributed by atoms with van der Waals surface area (Å²) in [6.07, 6.45) is 5.08. The number of hydrogen-bond acceptors (Lipinski definition) is 6.